The normalized spacial score (nSPS) is 11.7. The van der Waals surface area contributed by atoms with E-state index in [1.54, 1.807) is 32.3 Å². The van der Waals surface area contributed by atoms with Crippen LogP contribution >= 0.6 is 0 Å². The number of rotatable bonds is 8. The van der Waals surface area contributed by atoms with Crippen LogP contribution in [0.25, 0.3) is 11.2 Å². The lowest BCUT2D eigenvalue weighted by Gasteiger charge is -2.13. The molecule has 0 fully saturated rings. The number of hydrogen-bond donors (Lipinski definition) is 4. The van der Waals surface area contributed by atoms with Gasteiger partial charge >= 0.3 is 6.01 Å². The number of carbonyl (C=O) groups excluding carboxylic acids is 1. The number of amidine groups is 1. The summed E-state index contributed by atoms with van der Waals surface area (Å²) in [6.45, 7) is 0. The van der Waals surface area contributed by atoms with Gasteiger partial charge in [0.15, 0.2) is 11.2 Å². The van der Waals surface area contributed by atoms with Gasteiger partial charge in [-0.25, -0.2) is 4.98 Å². The molecule has 2 aromatic heterocycles. The molecular formula is C23H21N8O6S-. The number of nitrogens with two attached hydrogens (primary N) is 2. The molecule has 14 nitrogen and oxygen atoms in total. The highest BCUT2D eigenvalue weighted by molar-refractivity contribution is 7.78. The summed E-state index contributed by atoms with van der Waals surface area (Å²) in [4.78, 5) is 41.2. The van der Waals surface area contributed by atoms with Gasteiger partial charge in [-0.3, -0.25) is 19.2 Å². The first-order chi connectivity index (χ1) is 18.0. The van der Waals surface area contributed by atoms with Crippen LogP contribution in [-0.4, -0.2) is 59.4 Å². The van der Waals surface area contributed by atoms with E-state index in [9.17, 15) is 18.4 Å². The zero-order valence-electron chi connectivity index (χ0n) is 20.0. The molecule has 0 spiro atoms. The molecule has 38 heavy (non-hydrogen) atoms. The highest BCUT2D eigenvalue weighted by Gasteiger charge is 2.18. The highest BCUT2D eigenvalue weighted by atomic mass is 32.2. The van der Waals surface area contributed by atoms with E-state index in [-0.39, 0.29) is 57.7 Å². The molecule has 4 aromatic rings. The lowest BCUT2D eigenvalue weighted by Crippen LogP contribution is -2.21. The summed E-state index contributed by atoms with van der Waals surface area (Å²) in [5.41, 5.74) is 11.1. The van der Waals surface area contributed by atoms with Crippen molar-refractivity contribution in [2.75, 3.05) is 19.8 Å². The van der Waals surface area contributed by atoms with Gasteiger partial charge in [0.25, 0.3) is 17.3 Å². The maximum Gasteiger partial charge on any atom is 0.327 e. The molecule has 1 amide bonds. The van der Waals surface area contributed by atoms with E-state index in [4.69, 9.17) is 26.4 Å². The molecule has 0 aliphatic heterocycles. The minimum Gasteiger partial charge on any atom is -0.772 e. The molecule has 1 unspecified atom stereocenters. The van der Waals surface area contributed by atoms with Gasteiger partial charge in [0, 0.05) is 37.0 Å². The minimum atomic E-state index is -2.58. The van der Waals surface area contributed by atoms with Gasteiger partial charge in [-0.05, 0) is 41.4 Å². The Labute approximate surface area is 217 Å². The SMILES string of the molecule is CN(C)C(=O)c1cccc(Oc2nc(Oc3ccc(C(=N)N)c(N)c3)c3[nH]c(=O)c(CS(=O)[O-])nc3n2)c1. The first-order valence-corrected chi connectivity index (χ1v) is 12.0. The van der Waals surface area contributed by atoms with Gasteiger partial charge in [-0.2, -0.15) is 9.97 Å². The Morgan fingerprint density at radius 3 is 2.53 bits per heavy atom. The van der Waals surface area contributed by atoms with Crippen molar-refractivity contribution in [2.45, 2.75) is 5.75 Å². The molecule has 2 heterocycles. The molecule has 15 heteroatoms. The van der Waals surface area contributed by atoms with Crippen LogP contribution in [0.15, 0.2) is 47.3 Å². The number of amides is 1. The van der Waals surface area contributed by atoms with Crippen molar-refractivity contribution in [3.05, 3.63) is 69.6 Å². The van der Waals surface area contributed by atoms with Crippen molar-refractivity contribution < 1.29 is 23.0 Å². The van der Waals surface area contributed by atoms with E-state index in [1.165, 1.54) is 29.2 Å². The Morgan fingerprint density at radius 1 is 1.13 bits per heavy atom. The summed E-state index contributed by atoms with van der Waals surface area (Å²) in [7, 11) is 3.22. The number of nitrogens with zero attached hydrogens (tertiary/aromatic N) is 4. The predicted molar refractivity (Wildman–Crippen MR) is 137 cm³/mol. The number of nitrogens with one attached hydrogen (secondary N) is 2. The summed E-state index contributed by atoms with van der Waals surface area (Å²) >= 11 is -2.58. The van der Waals surface area contributed by atoms with Crippen molar-refractivity contribution >= 4 is 39.7 Å². The second-order valence-corrected chi connectivity index (χ2v) is 8.96. The molecule has 1 atom stereocenters. The smallest absolute Gasteiger partial charge is 0.327 e. The fraction of sp³-hybridized carbons (Fsp3) is 0.130. The number of ether oxygens (including phenoxy) is 2. The molecular weight excluding hydrogens is 516 g/mol. The highest BCUT2D eigenvalue weighted by Crippen LogP contribution is 2.30. The Balaban J connectivity index is 1.80. The molecule has 0 radical (unpaired) electrons. The number of aromatic amines is 1. The zero-order valence-corrected chi connectivity index (χ0v) is 20.9. The van der Waals surface area contributed by atoms with Crippen LogP contribution < -0.4 is 26.5 Å². The topological polar surface area (TPSA) is 226 Å². The molecule has 6 N–H and O–H groups in total. The van der Waals surface area contributed by atoms with Gasteiger partial charge in [-0.15, -0.1) is 0 Å². The van der Waals surface area contributed by atoms with Crippen LogP contribution in [0.2, 0.25) is 0 Å². The monoisotopic (exact) mass is 537 g/mol. The first kappa shape index (κ1) is 26.2. The van der Waals surface area contributed by atoms with Crippen LogP contribution in [-0.2, 0) is 16.8 Å². The van der Waals surface area contributed by atoms with Crippen molar-refractivity contribution in [2.24, 2.45) is 5.73 Å². The van der Waals surface area contributed by atoms with Crippen LogP contribution in [0.1, 0.15) is 21.6 Å². The quantitative estimate of drug-likeness (QED) is 0.108. The number of fused-ring (bicyclic) bond motifs is 1. The van der Waals surface area contributed by atoms with Crippen LogP contribution in [0.5, 0.6) is 23.4 Å². The number of anilines is 1. The minimum absolute atomic E-state index is 0.0338. The maximum atomic E-state index is 12.5. The van der Waals surface area contributed by atoms with Crippen molar-refractivity contribution in [3.63, 3.8) is 0 Å². The largest absolute Gasteiger partial charge is 0.772 e. The van der Waals surface area contributed by atoms with Gasteiger partial charge in [0.05, 0.1) is 5.75 Å². The molecule has 0 saturated heterocycles. The van der Waals surface area contributed by atoms with E-state index in [0.717, 1.165) is 0 Å². The molecule has 0 aliphatic carbocycles. The summed E-state index contributed by atoms with van der Waals surface area (Å²) < 4.78 is 34.0. The van der Waals surface area contributed by atoms with Gasteiger partial charge in [0.2, 0.25) is 0 Å². The number of carbonyl (C=O) groups is 1. The van der Waals surface area contributed by atoms with E-state index in [2.05, 4.69) is 19.9 Å². The van der Waals surface area contributed by atoms with E-state index in [1.807, 2.05) is 0 Å². The maximum absolute atomic E-state index is 12.5. The second-order valence-electron chi connectivity index (χ2n) is 8.06. The standard InChI is InChI=1S/C23H22N8O6S/c1-31(2)22(33)11-4-3-5-12(8-11)37-23-29-19-17(28-20(32)16(27-19)10-38(34)35)21(30-23)36-13-6-7-14(18(25)26)15(24)9-13/h3-9H,10,24H2,1-2H3,(H3,25,26)(H,28,32)(H,34,35)/p-1. The predicted octanol–water partition coefficient (Wildman–Crippen LogP) is 1.24. The first-order valence-electron chi connectivity index (χ1n) is 10.8. The molecule has 4 rings (SSSR count). The number of aromatic nitrogens is 4. The van der Waals surface area contributed by atoms with E-state index < -0.39 is 22.4 Å². The lowest BCUT2D eigenvalue weighted by molar-refractivity contribution is 0.0827. The molecule has 2 aromatic carbocycles. The third-order valence-electron chi connectivity index (χ3n) is 5.06. The van der Waals surface area contributed by atoms with Crippen LogP contribution in [0.4, 0.5) is 5.69 Å². The van der Waals surface area contributed by atoms with Gasteiger partial charge in [-0.1, -0.05) is 6.07 Å². The Hall–Kier alpha value is -4.89. The molecule has 0 bridgehead atoms. The van der Waals surface area contributed by atoms with Crippen LogP contribution in [0, 0.1) is 5.41 Å². The Morgan fingerprint density at radius 2 is 1.87 bits per heavy atom. The third kappa shape index (κ3) is 5.74. The summed E-state index contributed by atoms with van der Waals surface area (Å²) in [5, 5.41) is 7.57. The third-order valence-corrected chi connectivity index (χ3v) is 5.57. The van der Waals surface area contributed by atoms with Crippen LogP contribution in [0.3, 0.4) is 0 Å². The summed E-state index contributed by atoms with van der Waals surface area (Å²) in [6, 6.07) is 10.4. The summed E-state index contributed by atoms with van der Waals surface area (Å²) in [6.07, 6.45) is 0. The van der Waals surface area contributed by atoms with Gasteiger partial charge in [0.1, 0.15) is 23.0 Å². The fourth-order valence-corrected chi connectivity index (χ4v) is 3.73. The fourth-order valence-electron chi connectivity index (χ4n) is 3.31. The molecule has 196 valence electrons. The van der Waals surface area contributed by atoms with E-state index in [0.29, 0.717) is 11.1 Å². The average molecular weight is 538 g/mol. The van der Waals surface area contributed by atoms with Gasteiger partial charge < -0.3 is 35.4 Å². The Bertz CT molecular complexity index is 1660. The lowest BCUT2D eigenvalue weighted by atomic mass is 10.1. The number of nitrogen functional groups attached to an aromatic ring is 2. The summed E-state index contributed by atoms with van der Waals surface area (Å²) in [5.74, 6) is -0.894. The number of H-pyrrole nitrogens is 1. The van der Waals surface area contributed by atoms with Crippen molar-refractivity contribution in [1.29, 1.82) is 5.41 Å². The molecule has 0 saturated carbocycles. The average Bonchev–Trinajstić information content (AvgIpc) is 2.84. The zero-order chi connectivity index (χ0) is 27.6. The number of benzene rings is 2. The molecule has 0 aliphatic rings. The van der Waals surface area contributed by atoms with Crippen molar-refractivity contribution in [3.8, 4) is 23.4 Å². The number of hydrogen-bond acceptors (Lipinski definition) is 11. The van der Waals surface area contributed by atoms with Crippen molar-refractivity contribution in [1.82, 2.24) is 24.8 Å². The van der Waals surface area contributed by atoms with E-state index >= 15 is 0 Å². The second kappa shape index (κ2) is 10.6. The Kier molecular flexibility index (Phi) is 7.31.